The number of nitriles is 1. The molecule has 1 aromatic carbocycles. The zero-order valence-electron chi connectivity index (χ0n) is 16.1. The summed E-state index contributed by atoms with van der Waals surface area (Å²) < 4.78 is 32.6. The van der Waals surface area contributed by atoms with Crippen LogP contribution in [0.25, 0.3) is 0 Å². The fourth-order valence-corrected chi connectivity index (χ4v) is 4.39. The van der Waals surface area contributed by atoms with E-state index in [1.54, 1.807) is 43.5 Å². The number of carbonyl (C=O) groups is 2. The molecule has 8 nitrogen and oxygen atoms in total. The van der Waals surface area contributed by atoms with Crippen LogP contribution in [0.5, 0.6) is 0 Å². The molecule has 0 aliphatic carbocycles. The van der Waals surface area contributed by atoms with Gasteiger partial charge in [0.15, 0.2) is 6.10 Å². The van der Waals surface area contributed by atoms with Gasteiger partial charge in [0.2, 0.25) is 10.0 Å². The topological polar surface area (TPSA) is 125 Å². The zero-order chi connectivity index (χ0) is 21.6. The van der Waals surface area contributed by atoms with Crippen molar-refractivity contribution < 1.29 is 22.7 Å². The minimum atomic E-state index is -3.94. The van der Waals surface area contributed by atoms with Crippen LogP contribution in [0.3, 0.4) is 0 Å². The second-order valence-corrected chi connectivity index (χ2v) is 9.13. The summed E-state index contributed by atoms with van der Waals surface area (Å²) in [7, 11) is -3.94. The first-order valence-corrected chi connectivity index (χ1v) is 11.1. The van der Waals surface area contributed by atoms with Gasteiger partial charge in [0, 0.05) is 0 Å². The molecule has 2 rings (SSSR count). The largest absolute Gasteiger partial charge is 0.451 e. The van der Waals surface area contributed by atoms with E-state index < -0.39 is 40.0 Å². The molecule has 2 aromatic rings. The van der Waals surface area contributed by atoms with Gasteiger partial charge in [-0.15, -0.1) is 11.3 Å². The van der Waals surface area contributed by atoms with Crippen LogP contribution >= 0.6 is 11.3 Å². The van der Waals surface area contributed by atoms with Crippen molar-refractivity contribution in [3.8, 4) is 6.07 Å². The highest BCUT2D eigenvalue weighted by Gasteiger charge is 2.32. The summed E-state index contributed by atoms with van der Waals surface area (Å²) in [4.78, 5) is 24.9. The van der Waals surface area contributed by atoms with E-state index in [0.29, 0.717) is 10.6 Å². The Labute approximate surface area is 173 Å². The van der Waals surface area contributed by atoms with Crippen LogP contribution < -0.4 is 10.0 Å². The number of carbonyl (C=O) groups excluding carboxylic acids is 2. The summed E-state index contributed by atoms with van der Waals surface area (Å²) in [6.45, 7) is 4.69. The van der Waals surface area contributed by atoms with E-state index in [1.807, 2.05) is 6.07 Å². The lowest BCUT2D eigenvalue weighted by molar-refractivity contribution is -0.155. The second-order valence-electron chi connectivity index (χ2n) is 6.50. The number of hydrogen-bond acceptors (Lipinski definition) is 7. The van der Waals surface area contributed by atoms with Gasteiger partial charge in [-0.2, -0.15) is 9.98 Å². The SMILES string of the molecule is CC(C)[C@H](NS(=O)(=O)c1ccccc1)C(=O)O[C@H](C)C(=O)Nc1sccc1C#N. The number of benzene rings is 1. The van der Waals surface area contributed by atoms with Crippen molar-refractivity contribution in [2.45, 2.75) is 37.8 Å². The van der Waals surface area contributed by atoms with Gasteiger partial charge < -0.3 is 10.1 Å². The number of rotatable bonds is 8. The molecule has 0 saturated heterocycles. The van der Waals surface area contributed by atoms with Crippen molar-refractivity contribution in [1.29, 1.82) is 5.26 Å². The van der Waals surface area contributed by atoms with Crippen LogP contribution in [0, 0.1) is 17.2 Å². The van der Waals surface area contributed by atoms with E-state index in [2.05, 4.69) is 10.0 Å². The van der Waals surface area contributed by atoms with Crippen LogP contribution in [0.4, 0.5) is 5.00 Å². The fourth-order valence-electron chi connectivity index (χ4n) is 2.30. The Kier molecular flexibility index (Phi) is 7.50. The lowest BCUT2D eigenvalue weighted by atomic mass is 10.1. The molecular weight excluding hydrogens is 414 g/mol. The average molecular weight is 436 g/mol. The molecule has 29 heavy (non-hydrogen) atoms. The van der Waals surface area contributed by atoms with E-state index in [1.165, 1.54) is 30.4 Å². The molecule has 0 unspecified atom stereocenters. The van der Waals surface area contributed by atoms with E-state index >= 15 is 0 Å². The molecule has 1 heterocycles. The van der Waals surface area contributed by atoms with E-state index in [-0.39, 0.29) is 4.90 Å². The highest BCUT2D eigenvalue weighted by molar-refractivity contribution is 7.89. The normalized spacial score (nSPS) is 13.3. The molecular formula is C19H21N3O5S2. The Bertz CT molecular complexity index is 1010. The summed E-state index contributed by atoms with van der Waals surface area (Å²) in [6, 6.07) is 9.98. The van der Waals surface area contributed by atoms with Gasteiger partial charge in [-0.1, -0.05) is 32.0 Å². The molecule has 0 fully saturated rings. The number of amides is 1. The monoisotopic (exact) mass is 435 g/mol. The minimum Gasteiger partial charge on any atom is -0.451 e. The first kappa shape index (κ1) is 22.5. The van der Waals surface area contributed by atoms with Crippen LogP contribution in [0.1, 0.15) is 26.3 Å². The molecule has 0 spiro atoms. The number of hydrogen-bond donors (Lipinski definition) is 2. The third kappa shape index (κ3) is 5.87. The number of nitrogens with one attached hydrogen (secondary N) is 2. The number of esters is 1. The van der Waals surface area contributed by atoms with Crippen LogP contribution in [-0.4, -0.2) is 32.4 Å². The molecule has 154 valence electrons. The maximum atomic E-state index is 12.6. The highest BCUT2D eigenvalue weighted by Crippen LogP contribution is 2.22. The molecule has 0 aliphatic heterocycles. The first-order valence-electron chi connectivity index (χ1n) is 8.72. The fraction of sp³-hybridized carbons (Fsp3) is 0.316. The maximum absolute atomic E-state index is 12.6. The second kappa shape index (κ2) is 9.65. The third-order valence-corrected chi connectivity index (χ3v) is 6.23. The number of ether oxygens (including phenoxy) is 1. The zero-order valence-corrected chi connectivity index (χ0v) is 17.7. The third-order valence-electron chi connectivity index (χ3n) is 3.94. The lowest BCUT2D eigenvalue weighted by Crippen LogP contribution is -2.47. The lowest BCUT2D eigenvalue weighted by Gasteiger charge is -2.22. The quantitative estimate of drug-likeness (QED) is 0.614. The van der Waals surface area contributed by atoms with Crippen LogP contribution in [0.2, 0.25) is 0 Å². The van der Waals surface area contributed by atoms with Gasteiger partial charge >= 0.3 is 5.97 Å². The summed E-state index contributed by atoms with van der Waals surface area (Å²) >= 11 is 1.17. The van der Waals surface area contributed by atoms with Crippen molar-refractivity contribution >= 4 is 38.2 Å². The molecule has 0 aliphatic rings. The average Bonchev–Trinajstić information content (AvgIpc) is 3.13. The van der Waals surface area contributed by atoms with E-state index in [0.717, 1.165) is 0 Å². The summed E-state index contributed by atoms with van der Waals surface area (Å²) in [6.07, 6.45) is -1.18. The van der Waals surface area contributed by atoms with Crippen molar-refractivity contribution in [2.75, 3.05) is 5.32 Å². The van der Waals surface area contributed by atoms with Gasteiger partial charge in [0.25, 0.3) is 5.91 Å². The molecule has 1 amide bonds. The number of sulfonamides is 1. The van der Waals surface area contributed by atoms with E-state index in [4.69, 9.17) is 10.00 Å². The van der Waals surface area contributed by atoms with Gasteiger partial charge in [-0.05, 0) is 36.4 Å². The molecule has 2 atom stereocenters. The number of thiophene rings is 1. The van der Waals surface area contributed by atoms with Crippen molar-refractivity contribution in [3.05, 3.63) is 47.3 Å². The Morgan fingerprint density at radius 2 is 1.79 bits per heavy atom. The molecule has 0 bridgehead atoms. The predicted octanol–water partition coefficient (Wildman–Crippen LogP) is 2.49. The van der Waals surface area contributed by atoms with Gasteiger partial charge in [0.05, 0.1) is 10.5 Å². The molecule has 1 aromatic heterocycles. The van der Waals surface area contributed by atoms with Gasteiger partial charge in [-0.25, -0.2) is 8.42 Å². The minimum absolute atomic E-state index is 0.0194. The van der Waals surface area contributed by atoms with E-state index in [9.17, 15) is 18.0 Å². The van der Waals surface area contributed by atoms with Crippen molar-refractivity contribution in [2.24, 2.45) is 5.92 Å². The molecule has 10 heteroatoms. The Hall–Kier alpha value is -2.74. The van der Waals surface area contributed by atoms with Crippen molar-refractivity contribution in [3.63, 3.8) is 0 Å². The standard InChI is InChI=1S/C19H21N3O5S2/c1-12(2)16(22-29(25,26)15-7-5-4-6-8-15)19(24)27-13(3)17(23)21-18-14(11-20)9-10-28-18/h4-10,12-13,16,22H,1-3H3,(H,21,23)/t13-,16+/m1/s1. The Balaban J connectivity index is 2.07. The van der Waals surface area contributed by atoms with Crippen LogP contribution in [0.15, 0.2) is 46.7 Å². The smallest absolute Gasteiger partial charge is 0.325 e. The Morgan fingerprint density at radius 1 is 1.14 bits per heavy atom. The van der Waals surface area contributed by atoms with Gasteiger partial charge in [-0.3, -0.25) is 9.59 Å². The molecule has 2 N–H and O–H groups in total. The Morgan fingerprint density at radius 3 is 2.38 bits per heavy atom. The number of nitrogens with zero attached hydrogens (tertiary/aromatic N) is 1. The summed E-state index contributed by atoms with van der Waals surface area (Å²) in [5.74, 6) is -1.90. The molecule has 0 saturated carbocycles. The predicted molar refractivity (Wildman–Crippen MR) is 109 cm³/mol. The molecule has 0 radical (unpaired) electrons. The first-order chi connectivity index (χ1) is 13.7. The van der Waals surface area contributed by atoms with Gasteiger partial charge in [0.1, 0.15) is 17.1 Å². The maximum Gasteiger partial charge on any atom is 0.325 e. The highest BCUT2D eigenvalue weighted by atomic mass is 32.2. The van der Waals surface area contributed by atoms with Crippen LogP contribution in [-0.2, 0) is 24.3 Å². The summed E-state index contributed by atoms with van der Waals surface area (Å²) in [5.41, 5.74) is 0.303. The summed E-state index contributed by atoms with van der Waals surface area (Å²) in [5, 5.41) is 13.5. The number of anilines is 1. The van der Waals surface area contributed by atoms with Crippen molar-refractivity contribution in [1.82, 2.24) is 4.72 Å².